The van der Waals surface area contributed by atoms with Crippen LogP contribution in [-0.4, -0.2) is 10.4 Å². The highest BCUT2D eigenvalue weighted by Gasteiger charge is 2.25. The maximum Gasteiger partial charge on any atom is 0.192 e. The molecule has 0 aromatic carbocycles. The highest BCUT2D eigenvalue weighted by atomic mass is 32.2. The van der Waals surface area contributed by atoms with E-state index >= 15 is 0 Å². The van der Waals surface area contributed by atoms with E-state index < -0.39 is 0 Å². The normalized spacial score (nSPS) is 23.8. The van der Waals surface area contributed by atoms with Crippen molar-refractivity contribution in [2.75, 3.05) is 0 Å². The molecule has 0 heterocycles. The molecule has 0 fully saturated rings. The van der Waals surface area contributed by atoms with Gasteiger partial charge in [-0.2, -0.15) is 0 Å². The molecule has 0 N–H and O–H groups in total. The molecular formula is C13H22OS. The maximum absolute atomic E-state index is 11.9. The zero-order valence-electron chi connectivity index (χ0n) is 10.2. The van der Waals surface area contributed by atoms with Crippen molar-refractivity contribution in [1.82, 2.24) is 0 Å². The standard InChI is InChI=1S/C13H22OS/c1-9(2)15-13(14)11(4)12-7-5-10(3)6-8-12/h5,9,11-12H,6-8H2,1-4H3. The Morgan fingerprint density at radius 3 is 2.60 bits per heavy atom. The number of hydrogen-bond acceptors (Lipinski definition) is 2. The van der Waals surface area contributed by atoms with Gasteiger partial charge in [-0.3, -0.25) is 4.79 Å². The third-order valence-electron chi connectivity index (χ3n) is 3.11. The van der Waals surface area contributed by atoms with Gasteiger partial charge in [0.1, 0.15) is 0 Å². The van der Waals surface area contributed by atoms with Gasteiger partial charge in [0.15, 0.2) is 5.12 Å². The van der Waals surface area contributed by atoms with Gasteiger partial charge in [0.2, 0.25) is 0 Å². The Balaban J connectivity index is 2.47. The van der Waals surface area contributed by atoms with Gasteiger partial charge in [-0.15, -0.1) is 0 Å². The molecule has 0 aliphatic heterocycles. The summed E-state index contributed by atoms with van der Waals surface area (Å²) in [6.07, 6.45) is 5.76. The third kappa shape index (κ3) is 4.02. The zero-order chi connectivity index (χ0) is 11.4. The zero-order valence-corrected chi connectivity index (χ0v) is 11.1. The first-order valence-corrected chi connectivity index (χ1v) is 6.74. The summed E-state index contributed by atoms with van der Waals surface area (Å²) in [5.74, 6) is 0.800. The Bertz CT molecular complexity index is 255. The molecular weight excluding hydrogens is 204 g/mol. The SMILES string of the molecule is CC1=CCC(C(C)C(=O)SC(C)C)CC1. The molecule has 15 heavy (non-hydrogen) atoms. The molecule has 86 valence electrons. The van der Waals surface area contributed by atoms with E-state index in [1.807, 2.05) is 0 Å². The lowest BCUT2D eigenvalue weighted by molar-refractivity contribution is -0.115. The van der Waals surface area contributed by atoms with Crippen LogP contribution in [0.15, 0.2) is 11.6 Å². The van der Waals surface area contributed by atoms with E-state index in [4.69, 9.17) is 0 Å². The Hall–Kier alpha value is -0.240. The Morgan fingerprint density at radius 2 is 2.13 bits per heavy atom. The van der Waals surface area contributed by atoms with Gasteiger partial charge in [-0.05, 0) is 32.1 Å². The van der Waals surface area contributed by atoms with E-state index in [1.54, 1.807) is 0 Å². The lowest BCUT2D eigenvalue weighted by atomic mass is 9.82. The van der Waals surface area contributed by atoms with Crippen molar-refractivity contribution in [2.45, 2.75) is 52.2 Å². The van der Waals surface area contributed by atoms with Crippen LogP contribution in [0.3, 0.4) is 0 Å². The fourth-order valence-electron chi connectivity index (χ4n) is 1.97. The first kappa shape index (κ1) is 12.8. The number of carbonyl (C=O) groups is 1. The second-order valence-electron chi connectivity index (χ2n) is 4.86. The fourth-order valence-corrected chi connectivity index (χ4v) is 2.84. The van der Waals surface area contributed by atoms with Gasteiger partial charge in [-0.1, -0.05) is 44.2 Å². The smallest absolute Gasteiger partial charge is 0.192 e. The second kappa shape index (κ2) is 5.74. The van der Waals surface area contributed by atoms with Crippen LogP contribution in [0.5, 0.6) is 0 Å². The van der Waals surface area contributed by atoms with Gasteiger partial charge < -0.3 is 0 Å². The molecule has 0 bridgehead atoms. The van der Waals surface area contributed by atoms with E-state index in [-0.39, 0.29) is 5.92 Å². The average Bonchev–Trinajstić information content (AvgIpc) is 2.17. The minimum Gasteiger partial charge on any atom is -0.287 e. The molecule has 1 nitrogen and oxygen atoms in total. The molecule has 1 aliphatic carbocycles. The highest BCUT2D eigenvalue weighted by molar-refractivity contribution is 8.14. The fraction of sp³-hybridized carbons (Fsp3) is 0.769. The molecule has 0 aromatic heterocycles. The maximum atomic E-state index is 11.9. The van der Waals surface area contributed by atoms with Crippen molar-refractivity contribution in [3.05, 3.63) is 11.6 Å². The van der Waals surface area contributed by atoms with Crippen molar-refractivity contribution < 1.29 is 4.79 Å². The molecule has 2 heteroatoms. The molecule has 0 amide bonds. The summed E-state index contributed by atoms with van der Waals surface area (Å²) in [7, 11) is 0. The summed E-state index contributed by atoms with van der Waals surface area (Å²) in [6.45, 7) is 8.45. The minimum atomic E-state index is 0.224. The molecule has 1 rings (SSSR count). The van der Waals surface area contributed by atoms with Gasteiger partial charge in [0.25, 0.3) is 0 Å². The van der Waals surface area contributed by atoms with Crippen molar-refractivity contribution in [3.8, 4) is 0 Å². The first-order chi connectivity index (χ1) is 7.00. The largest absolute Gasteiger partial charge is 0.287 e. The van der Waals surface area contributed by atoms with Crippen LogP contribution >= 0.6 is 11.8 Å². The molecule has 2 unspecified atom stereocenters. The molecule has 0 spiro atoms. The summed E-state index contributed by atoms with van der Waals surface area (Å²) < 4.78 is 0. The molecule has 0 aromatic rings. The summed E-state index contributed by atoms with van der Waals surface area (Å²) >= 11 is 1.50. The van der Waals surface area contributed by atoms with Gasteiger partial charge in [0, 0.05) is 11.2 Å². The van der Waals surface area contributed by atoms with E-state index in [2.05, 4.69) is 33.8 Å². The van der Waals surface area contributed by atoms with Crippen molar-refractivity contribution in [3.63, 3.8) is 0 Å². The number of rotatable bonds is 3. The van der Waals surface area contributed by atoms with Crippen LogP contribution in [0.1, 0.15) is 47.0 Å². The molecule has 2 atom stereocenters. The van der Waals surface area contributed by atoms with E-state index in [0.717, 1.165) is 6.42 Å². The summed E-state index contributed by atoms with van der Waals surface area (Å²) in [4.78, 5) is 11.9. The van der Waals surface area contributed by atoms with Crippen LogP contribution in [0.2, 0.25) is 0 Å². The minimum absolute atomic E-state index is 0.224. The number of carbonyl (C=O) groups excluding carboxylic acids is 1. The van der Waals surface area contributed by atoms with E-state index in [0.29, 0.717) is 16.3 Å². The number of hydrogen-bond donors (Lipinski definition) is 0. The molecule has 1 aliphatic rings. The lowest BCUT2D eigenvalue weighted by Gasteiger charge is -2.25. The summed E-state index contributed by atoms with van der Waals surface area (Å²) in [6, 6.07) is 0. The first-order valence-electron chi connectivity index (χ1n) is 5.86. The summed E-state index contributed by atoms with van der Waals surface area (Å²) in [5.41, 5.74) is 1.49. The third-order valence-corrected chi connectivity index (χ3v) is 4.18. The monoisotopic (exact) mass is 226 g/mol. The van der Waals surface area contributed by atoms with Crippen LogP contribution in [-0.2, 0) is 4.79 Å². The predicted octanol–water partition coefficient (Wildman–Crippen LogP) is 4.04. The van der Waals surface area contributed by atoms with Gasteiger partial charge in [0.05, 0.1) is 0 Å². The average molecular weight is 226 g/mol. The Morgan fingerprint density at radius 1 is 1.47 bits per heavy atom. The number of allylic oxidation sites excluding steroid dienone is 2. The highest BCUT2D eigenvalue weighted by Crippen LogP contribution is 2.32. The van der Waals surface area contributed by atoms with Crippen molar-refractivity contribution in [2.24, 2.45) is 11.8 Å². The van der Waals surface area contributed by atoms with Crippen LogP contribution < -0.4 is 0 Å². The topological polar surface area (TPSA) is 17.1 Å². The Kier molecular flexibility index (Phi) is 4.91. The second-order valence-corrected chi connectivity index (χ2v) is 6.44. The number of thioether (sulfide) groups is 1. The van der Waals surface area contributed by atoms with Crippen LogP contribution in [0.25, 0.3) is 0 Å². The van der Waals surface area contributed by atoms with Crippen molar-refractivity contribution >= 4 is 16.9 Å². The molecule has 0 saturated heterocycles. The van der Waals surface area contributed by atoms with Crippen molar-refractivity contribution in [1.29, 1.82) is 0 Å². The van der Waals surface area contributed by atoms with Gasteiger partial charge >= 0.3 is 0 Å². The van der Waals surface area contributed by atoms with Gasteiger partial charge in [-0.25, -0.2) is 0 Å². The van der Waals surface area contributed by atoms with E-state index in [9.17, 15) is 4.79 Å². The molecule has 0 saturated carbocycles. The summed E-state index contributed by atoms with van der Waals surface area (Å²) in [5, 5.41) is 0.795. The molecule has 0 radical (unpaired) electrons. The Labute approximate surface area is 97.7 Å². The quantitative estimate of drug-likeness (QED) is 0.676. The van der Waals surface area contributed by atoms with Crippen LogP contribution in [0, 0.1) is 11.8 Å². The predicted molar refractivity (Wildman–Crippen MR) is 68.0 cm³/mol. The van der Waals surface area contributed by atoms with E-state index in [1.165, 1.54) is 30.2 Å². The lowest BCUT2D eigenvalue weighted by Crippen LogP contribution is -2.21. The van der Waals surface area contributed by atoms with Crippen LogP contribution in [0.4, 0.5) is 0 Å².